The van der Waals surface area contributed by atoms with Crippen LogP contribution in [0.15, 0.2) is 41.3 Å². The van der Waals surface area contributed by atoms with Crippen LogP contribution < -0.4 is 10.5 Å². The number of hydrogen-bond donors (Lipinski definition) is 1. The molecule has 0 atom stereocenters. The van der Waals surface area contributed by atoms with Crippen molar-refractivity contribution in [1.82, 2.24) is 0 Å². The van der Waals surface area contributed by atoms with Gasteiger partial charge < -0.3 is 10.5 Å². The van der Waals surface area contributed by atoms with Gasteiger partial charge in [0.15, 0.2) is 0 Å². The number of hydrogen-bond acceptors (Lipinski definition) is 3. The van der Waals surface area contributed by atoms with E-state index >= 15 is 0 Å². The summed E-state index contributed by atoms with van der Waals surface area (Å²) in [7, 11) is 0. The van der Waals surface area contributed by atoms with E-state index < -0.39 is 0 Å². The molecule has 2 N–H and O–H groups in total. The minimum absolute atomic E-state index is 0.482. The number of thioether (sulfide) groups is 1. The predicted molar refractivity (Wildman–Crippen MR) is 91.5 cm³/mol. The highest BCUT2D eigenvalue weighted by molar-refractivity contribution is 7.98. The molecule has 21 heavy (non-hydrogen) atoms. The fraction of sp³-hybridized carbons (Fsp3) is 0.333. The molecule has 0 aliphatic rings. The van der Waals surface area contributed by atoms with E-state index in [1.807, 2.05) is 18.2 Å². The molecule has 0 saturated heterocycles. The Balaban J connectivity index is 2.32. The van der Waals surface area contributed by atoms with E-state index in [-0.39, 0.29) is 0 Å². The molecule has 0 fully saturated rings. The second-order valence-corrected chi connectivity index (χ2v) is 6.26. The smallest absolute Gasteiger partial charge is 0.133 e. The Hall–Kier alpha value is -1.45. The lowest BCUT2D eigenvalue weighted by Gasteiger charge is -2.15. The van der Waals surface area contributed by atoms with E-state index in [4.69, 9.17) is 10.5 Å². The van der Waals surface area contributed by atoms with Gasteiger partial charge in [0, 0.05) is 17.0 Å². The van der Waals surface area contributed by atoms with Gasteiger partial charge in [-0.2, -0.15) is 0 Å². The van der Waals surface area contributed by atoms with E-state index in [9.17, 15) is 0 Å². The van der Waals surface area contributed by atoms with E-state index in [1.165, 1.54) is 16.0 Å². The Morgan fingerprint density at radius 2 is 1.95 bits per heavy atom. The molecule has 2 nitrogen and oxygen atoms in total. The Labute approximate surface area is 131 Å². The molecule has 2 rings (SSSR count). The second kappa shape index (κ2) is 7.01. The molecule has 0 unspecified atom stereocenters. The molecule has 2 aromatic carbocycles. The molecule has 0 heterocycles. The maximum atomic E-state index is 6.07. The third-order valence-corrected chi connectivity index (χ3v) is 4.43. The lowest BCUT2D eigenvalue weighted by atomic mass is 9.98. The van der Waals surface area contributed by atoms with Crippen molar-refractivity contribution in [2.75, 3.05) is 6.26 Å². The lowest BCUT2D eigenvalue weighted by molar-refractivity contribution is 0.473. The summed E-state index contributed by atoms with van der Waals surface area (Å²) in [6, 6.07) is 12.3. The van der Waals surface area contributed by atoms with Crippen LogP contribution in [-0.4, -0.2) is 6.26 Å². The van der Waals surface area contributed by atoms with Gasteiger partial charge in [0.05, 0.1) is 0 Å². The van der Waals surface area contributed by atoms with Crippen LogP contribution >= 0.6 is 11.8 Å². The quantitative estimate of drug-likeness (QED) is 0.781. The maximum Gasteiger partial charge on any atom is 0.133 e. The van der Waals surface area contributed by atoms with Crippen LogP contribution in [0.1, 0.15) is 36.5 Å². The van der Waals surface area contributed by atoms with Crippen molar-refractivity contribution in [3.63, 3.8) is 0 Å². The van der Waals surface area contributed by atoms with Gasteiger partial charge in [0.2, 0.25) is 0 Å². The molecule has 0 bridgehead atoms. The molecule has 0 amide bonds. The van der Waals surface area contributed by atoms with E-state index in [1.54, 1.807) is 11.8 Å². The molecule has 3 heteroatoms. The summed E-state index contributed by atoms with van der Waals surface area (Å²) < 4.78 is 6.07. The van der Waals surface area contributed by atoms with Crippen molar-refractivity contribution in [2.24, 2.45) is 5.73 Å². The zero-order valence-corrected chi connectivity index (χ0v) is 14.0. The van der Waals surface area contributed by atoms with Crippen LogP contribution in [0.2, 0.25) is 0 Å². The lowest BCUT2D eigenvalue weighted by Crippen LogP contribution is -2.01. The molecule has 0 aromatic heterocycles. The van der Waals surface area contributed by atoms with Crippen LogP contribution in [-0.2, 0) is 6.54 Å². The minimum Gasteiger partial charge on any atom is -0.457 e. The molecular formula is C18H23NOS. The molecule has 0 aliphatic carbocycles. The fourth-order valence-corrected chi connectivity index (χ4v) is 3.16. The Bertz CT molecular complexity index is 623. The summed E-state index contributed by atoms with van der Waals surface area (Å²) in [5.41, 5.74) is 9.57. The Kier molecular flexibility index (Phi) is 5.32. The van der Waals surface area contributed by atoms with Crippen LogP contribution in [0, 0.1) is 6.92 Å². The summed E-state index contributed by atoms with van der Waals surface area (Å²) in [6.45, 7) is 7.02. The van der Waals surface area contributed by atoms with Gasteiger partial charge in [-0.25, -0.2) is 0 Å². The summed E-state index contributed by atoms with van der Waals surface area (Å²) in [4.78, 5) is 1.17. The van der Waals surface area contributed by atoms with Crippen LogP contribution in [0.5, 0.6) is 11.5 Å². The fourth-order valence-electron chi connectivity index (χ4n) is 2.52. The Morgan fingerprint density at radius 1 is 1.19 bits per heavy atom. The maximum absolute atomic E-state index is 6.07. The van der Waals surface area contributed by atoms with Crippen molar-refractivity contribution < 1.29 is 4.74 Å². The summed E-state index contributed by atoms with van der Waals surface area (Å²) in [6.07, 6.45) is 2.06. The summed E-state index contributed by atoms with van der Waals surface area (Å²) in [5, 5.41) is 0. The molecular weight excluding hydrogens is 278 g/mol. The highest BCUT2D eigenvalue weighted by Gasteiger charge is 2.10. The van der Waals surface area contributed by atoms with Gasteiger partial charge in [0.25, 0.3) is 0 Å². The Morgan fingerprint density at radius 3 is 2.52 bits per heavy atom. The first kappa shape index (κ1) is 15.9. The molecule has 112 valence electrons. The van der Waals surface area contributed by atoms with Crippen molar-refractivity contribution in [3.05, 3.63) is 53.1 Å². The van der Waals surface area contributed by atoms with Gasteiger partial charge in [-0.1, -0.05) is 26.0 Å². The first-order chi connectivity index (χ1) is 10.1. The van der Waals surface area contributed by atoms with Crippen molar-refractivity contribution in [3.8, 4) is 11.5 Å². The highest BCUT2D eigenvalue weighted by Crippen LogP contribution is 2.33. The van der Waals surface area contributed by atoms with E-state index in [0.29, 0.717) is 12.5 Å². The topological polar surface area (TPSA) is 35.2 Å². The molecule has 0 aliphatic heterocycles. The predicted octanol–water partition coefficient (Wildman–Crippen LogP) is 5.09. The van der Waals surface area contributed by atoms with Gasteiger partial charge in [-0.05, 0) is 54.5 Å². The monoisotopic (exact) mass is 301 g/mol. The zero-order chi connectivity index (χ0) is 15.4. The first-order valence-electron chi connectivity index (χ1n) is 7.21. The number of nitrogens with two attached hydrogens (primary N) is 1. The van der Waals surface area contributed by atoms with E-state index in [0.717, 1.165) is 17.1 Å². The second-order valence-electron chi connectivity index (χ2n) is 5.42. The average Bonchev–Trinajstić information content (AvgIpc) is 2.46. The van der Waals surface area contributed by atoms with Crippen LogP contribution in [0.25, 0.3) is 0 Å². The largest absolute Gasteiger partial charge is 0.457 e. The minimum atomic E-state index is 0.482. The third-order valence-electron chi connectivity index (χ3n) is 3.61. The number of aryl methyl sites for hydroxylation is 1. The van der Waals surface area contributed by atoms with Crippen molar-refractivity contribution >= 4 is 11.8 Å². The van der Waals surface area contributed by atoms with Crippen LogP contribution in [0.4, 0.5) is 0 Å². The van der Waals surface area contributed by atoms with Gasteiger partial charge >= 0.3 is 0 Å². The van der Waals surface area contributed by atoms with E-state index in [2.05, 4.69) is 45.2 Å². The average molecular weight is 301 g/mol. The first-order valence-corrected chi connectivity index (χ1v) is 8.43. The van der Waals surface area contributed by atoms with Crippen molar-refractivity contribution in [1.29, 1.82) is 0 Å². The summed E-state index contributed by atoms with van der Waals surface area (Å²) >= 11 is 1.69. The molecule has 0 radical (unpaired) electrons. The third kappa shape index (κ3) is 3.60. The van der Waals surface area contributed by atoms with Gasteiger partial charge in [0.1, 0.15) is 11.5 Å². The van der Waals surface area contributed by atoms with Crippen molar-refractivity contribution in [2.45, 2.75) is 38.1 Å². The van der Waals surface area contributed by atoms with Crippen LogP contribution in [0.3, 0.4) is 0 Å². The SMILES string of the molecule is CSc1cccc(Oc2ccc(C(C)C)c(C)c2)c1CN. The van der Waals surface area contributed by atoms with Gasteiger partial charge in [-0.15, -0.1) is 11.8 Å². The molecule has 0 spiro atoms. The molecule has 0 saturated carbocycles. The number of rotatable bonds is 5. The van der Waals surface area contributed by atoms with Gasteiger partial charge in [-0.3, -0.25) is 0 Å². The number of ether oxygens (including phenoxy) is 1. The zero-order valence-electron chi connectivity index (χ0n) is 13.1. The standard InChI is InChI=1S/C18H23NOS/c1-12(2)15-9-8-14(10-13(15)3)20-17-6-5-7-18(21-4)16(17)11-19/h5-10,12H,11,19H2,1-4H3. The number of benzene rings is 2. The summed E-state index contributed by atoms with van der Waals surface area (Å²) in [5.74, 6) is 2.24. The highest BCUT2D eigenvalue weighted by atomic mass is 32.2. The normalized spacial score (nSPS) is 11.0. The molecule has 2 aromatic rings.